The fourth-order valence-electron chi connectivity index (χ4n) is 2.83. The maximum Gasteiger partial charge on any atom is 0.238 e. The van der Waals surface area contributed by atoms with Gasteiger partial charge in [0.1, 0.15) is 12.0 Å². The SMILES string of the molecule is CCCCCCCCN1C(=O)CNC1c1ccccc1F. The number of nitrogens with one attached hydrogen (secondary N) is 1. The molecule has 1 unspecified atom stereocenters. The molecule has 116 valence electrons. The topological polar surface area (TPSA) is 32.3 Å². The van der Waals surface area contributed by atoms with E-state index in [9.17, 15) is 9.18 Å². The summed E-state index contributed by atoms with van der Waals surface area (Å²) in [5.74, 6) is -0.186. The van der Waals surface area contributed by atoms with Crippen molar-refractivity contribution in [2.45, 2.75) is 51.6 Å². The zero-order chi connectivity index (χ0) is 15.1. The number of hydrogen-bond acceptors (Lipinski definition) is 2. The molecule has 0 aromatic heterocycles. The van der Waals surface area contributed by atoms with Crippen LogP contribution in [-0.4, -0.2) is 23.9 Å². The van der Waals surface area contributed by atoms with E-state index in [4.69, 9.17) is 0 Å². The van der Waals surface area contributed by atoms with Crippen LogP contribution >= 0.6 is 0 Å². The third kappa shape index (κ3) is 4.27. The van der Waals surface area contributed by atoms with Crippen LogP contribution in [0.15, 0.2) is 24.3 Å². The molecule has 0 aliphatic carbocycles. The molecule has 0 bridgehead atoms. The highest BCUT2D eigenvalue weighted by atomic mass is 19.1. The fraction of sp³-hybridized carbons (Fsp3) is 0.588. The van der Waals surface area contributed by atoms with E-state index in [0.717, 1.165) is 12.8 Å². The summed E-state index contributed by atoms with van der Waals surface area (Å²) >= 11 is 0. The highest BCUT2D eigenvalue weighted by Gasteiger charge is 2.32. The summed E-state index contributed by atoms with van der Waals surface area (Å²) in [4.78, 5) is 13.8. The second kappa shape index (κ2) is 8.13. The quantitative estimate of drug-likeness (QED) is 0.742. The van der Waals surface area contributed by atoms with Gasteiger partial charge in [-0.2, -0.15) is 0 Å². The minimum Gasteiger partial charge on any atom is -0.322 e. The zero-order valence-electron chi connectivity index (χ0n) is 12.8. The Morgan fingerprint density at radius 1 is 1.19 bits per heavy atom. The van der Waals surface area contributed by atoms with Crippen LogP contribution < -0.4 is 5.32 Å². The maximum absolute atomic E-state index is 13.9. The molecule has 1 aliphatic rings. The van der Waals surface area contributed by atoms with Crippen molar-refractivity contribution in [1.29, 1.82) is 0 Å². The van der Waals surface area contributed by atoms with Crippen molar-refractivity contribution < 1.29 is 9.18 Å². The van der Waals surface area contributed by atoms with Crippen LogP contribution in [-0.2, 0) is 4.79 Å². The standard InChI is InChI=1S/C17H25FN2O/c1-2-3-4-5-6-9-12-20-16(21)13-19-17(20)14-10-7-8-11-15(14)18/h7-8,10-11,17,19H,2-6,9,12-13H2,1H3. The van der Waals surface area contributed by atoms with Gasteiger partial charge in [0.2, 0.25) is 5.91 Å². The Kier molecular flexibility index (Phi) is 6.18. The van der Waals surface area contributed by atoms with Gasteiger partial charge in [0, 0.05) is 12.1 Å². The smallest absolute Gasteiger partial charge is 0.238 e. The van der Waals surface area contributed by atoms with E-state index < -0.39 is 0 Å². The largest absolute Gasteiger partial charge is 0.322 e. The number of benzene rings is 1. The van der Waals surface area contributed by atoms with Gasteiger partial charge in [-0.25, -0.2) is 4.39 Å². The molecule has 1 aliphatic heterocycles. The minimum atomic E-state index is -0.311. The van der Waals surface area contributed by atoms with Crippen LogP contribution in [0, 0.1) is 5.82 Å². The van der Waals surface area contributed by atoms with Crippen LogP contribution in [0.3, 0.4) is 0 Å². The van der Waals surface area contributed by atoms with E-state index in [1.807, 2.05) is 6.07 Å². The first-order valence-corrected chi connectivity index (χ1v) is 8.01. The summed E-state index contributed by atoms with van der Waals surface area (Å²) < 4.78 is 13.9. The van der Waals surface area contributed by atoms with Gasteiger partial charge in [-0.15, -0.1) is 0 Å². The molecule has 21 heavy (non-hydrogen) atoms. The number of carbonyl (C=O) groups excluding carboxylic acids is 1. The van der Waals surface area contributed by atoms with E-state index in [-0.39, 0.29) is 17.9 Å². The number of rotatable bonds is 8. The Morgan fingerprint density at radius 2 is 1.90 bits per heavy atom. The van der Waals surface area contributed by atoms with Crippen molar-refractivity contribution in [2.24, 2.45) is 0 Å². The molecule has 2 rings (SSSR count). The van der Waals surface area contributed by atoms with E-state index in [0.29, 0.717) is 18.7 Å². The molecule has 1 amide bonds. The second-order valence-corrected chi connectivity index (χ2v) is 5.66. The minimum absolute atomic E-state index is 0.0665. The first-order chi connectivity index (χ1) is 10.2. The Morgan fingerprint density at radius 3 is 2.67 bits per heavy atom. The van der Waals surface area contributed by atoms with E-state index in [2.05, 4.69) is 12.2 Å². The number of carbonyl (C=O) groups is 1. The van der Waals surface area contributed by atoms with E-state index >= 15 is 0 Å². The van der Waals surface area contributed by atoms with Gasteiger partial charge in [-0.05, 0) is 12.5 Å². The summed E-state index contributed by atoms with van der Waals surface area (Å²) in [7, 11) is 0. The lowest BCUT2D eigenvalue weighted by molar-refractivity contribution is -0.128. The summed E-state index contributed by atoms with van der Waals surface area (Å²) in [6, 6.07) is 6.68. The number of nitrogens with zero attached hydrogens (tertiary/aromatic N) is 1. The lowest BCUT2D eigenvalue weighted by Crippen LogP contribution is -2.31. The van der Waals surface area contributed by atoms with Crippen LogP contribution in [0.1, 0.15) is 57.2 Å². The molecule has 4 heteroatoms. The molecular weight excluding hydrogens is 267 g/mol. The predicted molar refractivity (Wildman–Crippen MR) is 82.2 cm³/mol. The van der Waals surface area contributed by atoms with Gasteiger partial charge in [-0.1, -0.05) is 57.2 Å². The van der Waals surface area contributed by atoms with Crippen molar-refractivity contribution in [1.82, 2.24) is 10.2 Å². The van der Waals surface area contributed by atoms with Crippen molar-refractivity contribution in [3.8, 4) is 0 Å². The molecular formula is C17H25FN2O. The lowest BCUT2D eigenvalue weighted by atomic mass is 10.1. The zero-order valence-corrected chi connectivity index (χ0v) is 12.8. The Hall–Kier alpha value is -1.42. The van der Waals surface area contributed by atoms with Crippen LogP contribution in [0.2, 0.25) is 0 Å². The summed E-state index contributed by atoms with van der Waals surface area (Å²) in [5.41, 5.74) is 0.564. The summed E-state index contributed by atoms with van der Waals surface area (Å²) in [5, 5.41) is 3.11. The number of hydrogen-bond donors (Lipinski definition) is 1. The maximum atomic E-state index is 13.9. The Labute approximate surface area is 126 Å². The lowest BCUT2D eigenvalue weighted by Gasteiger charge is -2.25. The fourth-order valence-corrected chi connectivity index (χ4v) is 2.83. The number of amides is 1. The highest BCUT2D eigenvalue weighted by molar-refractivity contribution is 5.80. The average Bonchev–Trinajstić information content (AvgIpc) is 2.84. The van der Waals surface area contributed by atoms with E-state index in [1.54, 1.807) is 17.0 Å². The van der Waals surface area contributed by atoms with Gasteiger partial charge in [0.25, 0.3) is 0 Å². The Balaban J connectivity index is 1.87. The summed E-state index contributed by atoms with van der Waals surface area (Å²) in [6.45, 7) is 3.21. The molecule has 1 atom stereocenters. The Bertz CT molecular complexity index is 464. The molecule has 1 heterocycles. The third-order valence-corrected chi connectivity index (χ3v) is 4.03. The second-order valence-electron chi connectivity index (χ2n) is 5.66. The van der Waals surface area contributed by atoms with Gasteiger partial charge < -0.3 is 4.90 Å². The summed E-state index contributed by atoms with van der Waals surface area (Å²) in [6.07, 6.45) is 6.81. The molecule has 0 saturated carbocycles. The average molecular weight is 292 g/mol. The molecule has 1 N–H and O–H groups in total. The number of unbranched alkanes of at least 4 members (excludes halogenated alkanes) is 5. The van der Waals surface area contributed by atoms with Crippen molar-refractivity contribution in [3.63, 3.8) is 0 Å². The van der Waals surface area contributed by atoms with Crippen LogP contribution in [0.4, 0.5) is 4.39 Å². The van der Waals surface area contributed by atoms with Crippen molar-refractivity contribution in [2.75, 3.05) is 13.1 Å². The monoisotopic (exact) mass is 292 g/mol. The van der Waals surface area contributed by atoms with Crippen molar-refractivity contribution >= 4 is 5.91 Å². The van der Waals surface area contributed by atoms with Crippen LogP contribution in [0.5, 0.6) is 0 Å². The molecule has 1 aromatic rings. The third-order valence-electron chi connectivity index (χ3n) is 4.03. The predicted octanol–water partition coefficient (Wildman–Crippen LogP) is 3.62. The highest BCUT2D eigenvalue weighted by Crippen LogP contribution is 2.25. The van der Waals surface area contributed by atoms with Gasteiger partial charge in [-0.3, -0.25) is 10.1 Å². The molecule has 1 fully saturated rings. The van der Waals surface area contributed by atoms with Gasteiger partial charge in [0.15, 0.2) is 0 Å². The van der Waals surface area contributed by atoms with Crippen molar-refractivity contribution in [3.05, 3.63) is 35.6 Å². The first kappa shape index (κ1) is 16.0. The molecule has 0 radical (unpaired) electrons. The normalized spacial score (nSPS) is 18.5. The molecule has 1 aromatic carbocycles. The van der Waals surface area contributed by atoms with Gasteiger partial charge >= 0.3 is 0 Å². The van der Waals surface area contributed by atoms with Gasteiger partial charge in [0.05, 0.1) is 6.54 Å². The first-order valence-electron chi connectivity index (χ1n) is 8.01. The van der Waals surface area contributed by atoms with Crippen LogP contribution in [0.25, 0.3) is 0 Å². The number of halogens is 1. The molecule has 3 nitrogen and oxygen atoms in total. The molecule has 1 saturated heterocycles. The molecule has 0 spiro atoms. The van der Waals surface area contributed by atoms with E-state index in [1.165, 1.54) is 31.7 Å².